The molecule has 4 rings (SSSR count). The quantitative estimate of drug-likeness (QED) is 0.174. The molecule has 0 saturated carbocycles. The lowest BCUT2D eigenvalue weighted by molar-refractivity contribution is -0.128. The van der Waals surface area contributed by atoms with E-state index in [0.29, 0.717) is 12.2 Å². The second-order valence-corrected chi connectivity index (χ2v) is 12.0. The highest BCUT2D eigenvalue weighted by molar-refractivity contribution is 5.83. The zero-order chi connectivity index (χ0) is 31.7. The molecule has 2 amide bonds. The number of hydrogen-bond donors (Lipinski definition) is 6. The van der Waals surface area contributed by atoms with Gasteiger partial charge in [0.2, 0.25) is 5.91 Å². The van der Waals surface area contributed by atoms with Crippen LogP contribution in [-0.2, 0) is 28.9 Å². The first-order chi connectivity index (χ1) is 21.0. The number of fused-ring (bicyclic) bond motifs is 1. The Morgan fingerprint density at radius 2 is 1.64 bits per heavy atom. The summed E-state index contributed by atoms with van der Waals surface area (Å²) < 4.78 is 10.9. The minimum Gasteiger partial charge on any atom is -0.491 e. The van der Waals surface area contributed by atoms with Gasteiger partial charge >= 0.3 is 6.09 Å². The van der Waals surface area contributed by atoms with Gasteiger partial charge in [-0.2, -0.15) is 0 Å². The Hall–Kier alpha value is -3.96. The van der Waals surface area contributed by atoms with Gasteiger partial charge in [0.15, 0.2) is 0 Å². The Bertz CT molecular complexity index is 1360. The van der Waals surface area contributed by atoms with E-state index in [0.717, 1.165) is 22.3 Å². The molecule has 0 aliphatic heterocycles. The van der Waals surface area contributed by atoms with Crippen LogP contribution in [0.5, 0.6) is 5.75 Å². The number of benzene rings is 3. The maximum absolute atomic E-state index is 13.9. The van der Waals surface area contributed by atoms with Crippen LogP contribution in [-0.4, -0.2) is 70.4 Å². The van der Waals surface area contributed by atoms with Gasteiger partial charge in [-0.15, -0.1) is 0 Å². The normalized spacial score (nSPS) is 18.0. The molecule has 3 aromatic rings. The van der Waals surface area contributed by atoms with E-state index in [2.05, 4.69) is 16.0 Å². The third-order valence-electron chi connectivity index (χ3n) is 7.35. The Morgan fingerprint density at radius 3 is 2.32 bits per heavy atom. The first-order valence-corrected chi connectivity index (χ1v) is 14.9. The highest BCUT2D eigenvalue weighted by Gasteiger charge is 2.38. The third kappa shape index (κ3) is 9.27. The fourth-order valence-electron chi connectivity index (χ4n) is 5.27. The van der Waals surface area contributed by atoms with Crippen molar-refractivity contribution >= 4 is 12.0 Å². The molecule has 44 heavy (non-hydrogen) atoms. The van der Waals surface area contributed by atoms with Crippen LogP contribution in [0.15, 0.2) is 78.9 Å². The van der Waals surface area contributed by atoms with Crippen molar-refractivity contribution in [1.29, 1.82) is 0 Å². The molecule has 5 atom stereocenters. The fraction of sp³-hybridized carbons (Fsp3) is 0.412. The third-order valence-corrected chi connectivity index (χ3v) is 7.35. The predicted molar refractivity (Wildman–Crippen MR) is 166 cm³/mol. The van der Waals surface area contributed by atoms with Gasteiger partial charge in [0.05, 0.1) is 30.9 Å². The van der Waals surface area contributed by atoms with Crippen molar-refractivity contribution in [2.24, 2.45) is 0 Å². The lowest BCUT2D eigenvalue weighted by Gasteiger charge is -2.32. The molecule has 3 aromatic carbocycles. The first-order valence-electron chi connectivity index (χ1n) is 14.9. The molecule has 0 saturated heterocycles. The summed E-state index contributed by atoms with van der Waals surface area (Å²) in [5.41, 5.74) is 2.68. The second kappa shape index (κ2) is 15.2. The molecule has 0 radical (unpaired) electrons. The van der Waals surface area contributed by atoms with E-state index in [9.17, 15) is 19.8 Å². The summed E-state index contributed by atoms with van der Waals surface area (Å²) in [5, 5.41) is 40.5. The molecule has 10 nitrogen and oxygen atoms in total. The molecule has 0 spiro atoms. The molecule has 1 aliphatic rings. The number of nitrogens with one attached hydrogen (secondary N) is 3. The summed E-state index contributed by atoms with van der Waals surface area (Å²) in [6.07, 6.45) is -2.28. The highest BCUT2D eigenvalue weighted by Crippen LogP contribution is 2.31. The molecule has 0 heterocycles. The summed E-state index contributed by atoms with van der Waals surface area (Å²) in [6, 6.07) is 21.3. The molecule has 6 N–H and O–H groups in total. The smallest absolute Gasteiger partial charge is 0.407 e. The summed E-state index contributed by atoms with van der Waals surface area (Å²) in [6.45, 7) is 5.53. The molecule has 1 aliphatic carbocycles. The van der Waals surface area contributed by atoms with E-state index >= 15 is 0 Å². The molecular formula is C34H43N3O7. The summed E-state index contributed by atoms with van der Waals surface area (Å²) in [4.78, 5) is 26.8. The number of aliphatic hydroxyl groups is 3. The lowest BCUT2D eigenvalue weighted by atomic mass is 9.95. The van der Waals surface area contributed by atoms with E-state index in [1.165, 1.54) is 0 Å². The predicted octanol–water partition coefficient (Wildman–Crippen LogP) is 2.79. The number of aliphatic hydroxyl groups excluding tert-OH is 3. The van der Waals surface area contributed by atoms with E-state index in [4.69, 9.17) is 14.6 Å². The van der Waals surface area contributed by atoms with E-state index in [1.807, 2.05) is 66.7 Å². The van der Waals surface area contributed by atoms with E-state index < -0.39 is 47.9 Å². The fourth-order valence-corrected chi connectivity index (χ4v) is 5.27. The lowest BCUT2D eigenvalue weighted by Crippen LogP contribution is -2.60. The maximum Gasteiger partial charge on any atom is 0.407 e. The van der Waals surface area contributed by atoms with Gasteiger partial charge in [-0.05, 0) is 61.6 Å². The molecular weight excluding hydrogens is 562 g/mol. The van der Waals surface area contributed by atoms with E-state index in [1.54, 1.807) is 32.9 Å². The Morgan fingerprint density at radius 1 is 0.955 bits per heavy atom. The number of carbonyl (C=O) groups excluding carboxylic acids is 2. The molecule has 0 fully saturated rings. The van der Waals surface area contributed by atoms with Crippen LogP contribution in [0.3, 0.4) is 0 Å². The minimum atomic E-state index is -1.39. The molecule has 10 heteroatoms. The van der Waals surface area contributed by atoms with Gasteiger partial charge in [0, 0.05) is 13.0 Å². The molecule has 0 aromatic heterocycles. The SMILES string of the molecule is CC(C)(C)OC(=O)N[C@@H](Cc1ccccc1)[C@@H](O)[C@@H](NCc1ccc(OCCO)cc1)C(=O)N[C@H]1c2ccccc2CC1O. The zero-order valence-corrected chi connectivity index (χ0v) is 25.4. The average molecular weight is 606 g/mol. The van der Waals surface area contributed by atoms with Gasteiger partial charge in [-0.1, -0.05) is 66.7 Å². The molecule has 1 unspecified atom stereocenters. The maximum atomic E-state index is 13.9. The van der Waals surface area contributed by atoms with Crippen LogP contribution in [0, 0.1) is 0 Å². The van der Waals surface area contributed by atoms with Gasteiger partial charge in [-0.3, -0.25) is 10.1 Å². The van der Waals surface area contributed by atoms with Crippen LogP contribution in [0.1, 0.15) is 49.1 Å². The van der Waals surface area contributed by atoms with Crippen molar-refractivity contribution in [3.05, 3.63) is 101 Å². The molecule has 0 bridgehead atoms. The van der Waals surface area contributed by atoms with Crippen molar-refractivity contribution < 1.29 is 34.4 Å². The van der Waals surface area contributed by atoms with Gasteiger partial charge in [0.25, 0.3) is 0 Å². The topological polar surface area (TPSA) is 149 Å². The number of amides is 2. The van der Waals surface area contributed by atoms with Crippen LogP contribution < -0.4 is 20.7 Å². The van der Waals surface area contributed by atoms with Crippen molar-refractivity contribution in [1.82, 2.24) is 16.0 Å². The Balaban J connectivity index is 1.59. The largest absolute Gasteiger partial charge is 0.491 e. The number of ether oxygens (including phenoxy) is 2. The number of alkyl carbamates (subject to hydrolysis) is 1. The van der Waals surface area contributed by atoms with Crippen LogP contribution in [0.4, 0.5) is 4.79 Å². The van der Waals surface area contributed by atoms with Gasteiger partial charge in [0.1, 0.15) is 24.0 Å². The van der Waals surface area contributed by atoms with Crippen molar-refractivity contribution in [2.75, 3.05) is 13.2 Å². The van der Waals surface area contributed by atoms with Crippen LogP contribution in [0.2, 0.25) is 0 Å². The summed E-state index contributed by atoms with van der Waals surface area (Å²) in [7, 11) is 0. The second-order valence-electron chi connectivity index (χ2n) is 12.0. The monoisotopic (exact) mass is 605 g/mol. The van der Waals surface area contributed by atoms with Crippen molar-refractivity contribution in [3.8, 4) is 5.75 Å². The standard InChI is InChI=1S/C34H43N3O7/c1-34(2,3)44-33(42)36-27(19-22-9-5-4-6-10-22)31(40)30(35-21-23-13-15-25(16-14-23)43-18-17-38)32(41)37-29-26-12-8-7-11-24(26)20-28(29)39/h4-16,27-31,35,38-40H,17-21H2,1-3H3,(H,36,42)(H,37,41)/t27-,28?,29-,30+,31+/m0/s1. The Kier molecular flexibility index (Phi) is 11.4. The average Bonchev–Trinajstić information content (AvgIpc) is 3.30. The molecule has 236 valence electrons. The minimum absolute atomic E-state index is 0.0976. The van der Waals surface area contributed by atoms with Gasteiger partial charge in [-0.25, -0.2) is 4.79 Å². The number of rotatable bonds is 13. The van der Waals surface area contributed by atoms with E-state index in [-0.39, 0.29) is 26.2 Å². The van der Waals surface area contributed by atoms with Gasteiger partial charge < -0.3 is 35.4 Å². The van der Waals surface area contributed by atoms with Crippen LogP contribution in [0.25, 0.3) is 0 Å². The van der Waals surface area contributed by atoms with Crippen LogP contribution >= 0.6 is 0 Å². The van der Waals surface area contributed by atoms with Crippen molar-refractivity contribution in [2.45, 2.75) is 76.1 Å². The first kappa shape index (κ1) is 32.9. The summed E-state index contributed by atoms with van der Waals surface area (Å²) >= 11 is 0. The zero-order valence-electron chi connectivity index (χ0n) is 25.4. The summed E-state index contributed by atoms with van der Waals surface area (Å²) in [5.74, 6) is 0.0701. The Labute approximate surface area is 258 Å². The number of carbonyl (C=O) groups is 2. The van der Waals surface area contributed by atoms with Crippen molar-refractivity contribution in [3.63, 3.8) is 0 Å². The number of hydrogen-bond acceptors (Lipinski definition) is 8. The highest BCUT2D eigenvalue weighted by atomic mass is 16.6.